The molecule has 6 heteroatoms. The third-order valence-electron chi connectivity index (χ3n) is 3.31. The van der Waals surface area contributed by atoms with Crippen molar-refractivity contribution >= 4 is 15.8 Å². The number of carboxylic acids is 1. The van der Waals surface area contributed by atoms with E-state index in [4.69, 9.17) is 5.11 Å². The van der Waals surface area contributed by atoms with Gasteiger partial charge in [-0.05, 0) is 37.0 Å². The van der Waals surface area contributed by atoms with Gasteiger partial charge in [0.1, 0.15) is 5.82 Å². The lowest BCUT2D eigenvalue weighted by Crippen LogP contribution is -2.11. The van der Waals surface area contributed by atoms with Crippen LogP contribution < -0.4 is 0 Å². The second kappa shape index (κ2) is 4.92. The Labute approximate surface area is 111 Å². The Morgan fingerprint density at radius 3 is 2.58 bits per heavy atom. The number of rotatable bonds is 5. The number of aryl methyl sites for hydroxylation is 1. The van der Waals surface area contributed by atoms with E-state index < -0.39 is 27.2 Å². The van der Waals surface area contributed by atoms with Crippen molar-refractivity contribution in [3.05, 3.63) is 29.1 Å². The Morgan fingerprint density at radius 2 is 2.05 bits per heavy atom. The average Bonchev–Trinajstić information content (AvgIpc) is 3.13. The summed E-state index contributed by atoms with van der Waals surface area (Å²) in [6, 6.07) is 2.11. The van der Waals surface area contributed by atoms with Crippen LogP contribution in [-0.4, -0.2) is 25.2 Å². The van der Waals surface area contributed by atoms with Crippen LogP contribution in [0.3, 0.4) is 0 Å². The summed E-state index contributed by atoms with van der Waals surface area (Å²) in [5, 5.41) is 8.87. The zero-order chi connectivity index (χ0) is 14.2. The summed E-state index contributed by atoms with van der Waals surface area (Å²) >= 11 is 0. The molecule has 2 rings (SSSR count). The summed E-state index contributed by atoms with van der Waals surface area (Å²) in [6.45, 7) is 1.36. The molecule has 0 saturated heterocycles. The van der Waals surface area contributed by atoms with E-state index in [0.29, 0.717) is 12.3 Å². The molecule has 19 heavy (non-hydrogen) atoms. The first-order chi connectivity index (χ1) is 8.81. The summed E-state index contributed by atoms with van der Waals surface area (Å²) in [6.07, 6.45) is 2.69. The second-order valence-electron chi connectivity index (χ2n) is 4.96. The van der Waals surface area contributed by atoms with E-state index in [0.717, 1.165) is 18.9 Å². The van der Waals surface area contributed by atoms with Crippen LogP contribution in [0.5, 0.6) is 0 Å². The molecule has 0 spiro atoms. The maximum absolute atomic E-state index is 13.6. The number of benzene rings is 1. The van der Waals surface area contributed by atoms with E-state index in [2.05, 4.69) is 0 Å². The minimum atomic E-state index is -3.54. The number of halogens is 1. The van der Waals surface area contributed by atoms with Gasteiger partial charge in [0.2, 0.25) is 0 Å². The predicted molar refractivity (Wildman–Crippen MR) is 67.5 cm³/mol. The quantitative estimate of drug-likeness (QED) is 0.844. The molecule has 0 bridgehead atoms. The van der Waals surface area contributed by atoms with E-state index in [1.54, 1.807) is 0 Å². The molecule has 0 aliphatic heterocycles. The van der Waals surface area contributed by atoms with Gasteiger partial charge < -0.3 is 5.11 Å². The maximum Gasteiger partial charge on any atom is 0.338 e. The number of hydrogen-bond acceptors (Lipinski definition) is 3. The lowest BCUT2D eigenvalue weighted by molar-refractivity contribution is 0.0691. The number of carboxylic acid groups (broad SMARTS) is 1. The van der Waals surface area contributed by atoms with E-state index in [1.165, 1.54) is 13.0 Å². The fourth-order valence-corrected chi connectivity index (χ4v) is 3.45. The molecule has 1 aliphatic carbocycles. The summed E-state index contributed by atoms with van der Waals surface area (Å²) < 4.78 is 37.7. The Bertz CT molecular complexity index is 618. The van der Waals surface area contributed by atoms with Crippen molar-refractivity contribution in [1.29, 1.82) is 0 Å². The van der Waals surface area contributed by atoms with Crippen LogP contribution in [0.4, 0.5) is 4.39 Å². The molecule has 0 radical (unpaired) electrons. The molecule has 0 heterocycles. The van der Waals surface area contributed by atoms with Gasteiger partial charge in [0.25, 0.3) is 0 Å². The van der Waals surface area contributed by atoms with Crippen molar-refractivity contribution in [2.45, 2.75) is 31.1 Å². The lowest BCUT2D eigenvalue weighted by Gasteiger charge is -2.08. The van der Waals surface area contributed by atoms with Crippen LogP contribution in [0.15, 0.2) is 17.0 Å². The fraction of sp³-hybridized carbons (Fsp3) is 0.462. The zero-order valence-corrected chi connectivity index (χ0v) is 11.3. The molecule has 1 aliphatic rings. The summed E-state index contributed by atoms with van der Waals surface area (Å²) in [5.74, 6) is -1.88. The van der Waals surface area contributed by atoms with E-state index in [-0.39, 0.29) is 16.2 Å². The van der Waals surface area contributed by atoms with Crippen LogP contribution in [0, 0.1) is 18.7 Å². The topological polar surface area (TPSA) is 71.4 Å². The van der Waals surface area contributed by atoms with Gasteiger partial charge in [-0.25, -0.2) is 17.6 Å². The van der Waals surface area contributed by atoms with Crippen LogP contribution in [0.25, 0.3) is 0 Å². The van der Waals surface area contributed by atoms with Gasteiger partial charge >= 0.3 is 5.97 Å². The molecule has 4 nitrogen and oxygen atoms in total. The molecule has 104 valence electrons. The molecule has 1 N–H and O–H groups in total. The summed E-state index contributed by atoms with van der Waals surface area (Å²) in [4.78, 5) is 10.8. The lowest BCUT2D eigenvalue weighted by atomic mass is 10.1. The van der Waals surface area contributed by atoms with Crippen LogP contribution >= 0.6 is 0 Å². The normalized spacial score (nSPS) is 15.5. The maximum atomic E-state index is 13.6. The third kappa shape index (κ3) is 3.12. The Hall–Kier alpha value is -1.43. The summed E-state index contributed by atoms with van der Waals surface area (Å²) in [7, 11) is -3.54. The van der Waals surface area contributed by atoms with Crippen molar-refractivity contribution in [2.75, 3.05) is 5.75 Å². The molecular weight excluding hydrogens is 271 g/mol. The van der Waals surface area contributed by atoms with E-state index in [1.807, 2.05) is 0 Å². The molecule has 0 aromatic heterocycles. The van der Waals surface area contributed by atoms with Crippen molar-refractivity contribution in [3.63, 3.8) is 0 Å². The highest BCUT2D eigenvalue weighted by Crippen LogP contribution is 2.33. The minimum absolute atomic E-state index is 0.0121. The van der Waals surface area contributed by atoms with Crippen LogP contribution in [0.2, 0.25) is 0 Å². The average molecular weight is 286 g/mol. The van der Waals surface area contributed by atoms with E-state index >= 15 is 0 Å². The summed E-state index contributed by atoms with van der Waals surface area (Å²) in [5.41, 5.74) is -0.560. The molecule has 1 aromatic carbocycles. The highest BCUT2D eigenvalue weighted by Gasteiger charge is 2.26. The van der Waals surface area contributed by atoms with Gasteiger partial charge in [0, 0.05) is 0 Å². The number of carbonyl (C=O) groups is 1. The number of aromatic carboxylic acids is 1. The molecule has 1 saturated carbocycles. The minimum Gasteiger partial charge on any atom is -0.478 e. The van der Waals surface area contributed by atoms with Crippen molar-refractivity contribution in [1.82, 2.24) is 0 Å². The monoisotopic (exact) mass is 286 g/mol. The van der Waals surface area contributed by atoms with Gasteiger partial charge in [-0.1, -0.05) is 12.8 Å². The van der Waals surface area contributed by atoms with Crippen LogP contribution in [-0.2, 0) is 9.84 Å². The van der Waals surface area contributed by atoms with Gasteiger partial charge in [-0.3, -0.25) is 0 Å². The predicted octanol–water partition coefficient (Wildman–Crippen LogP) is 2.41. The SMILES string of the molecule is Cc1cc(S(=O)(=O)CCC2CC2)cc(C(=O)O)c1F. The highest BCUT2D eigenvalue weighted by atomic mass is 32.2. The Morgan fingerprint density at radius 1 is 1.42 bits per heavy atom. The Balaban J connectivity index is 2.35. The van der Waals surface area contributed by atoms with Crippen LogP contribution in [0.1, 0.15) is 35.2 Å². The Kier molecular flexibility index (Phi) is 3.62. The highest BCUT2D eigenvalue weighted by molar-refractivity contribution is 7.91. The number of hydrogen-bond donors (Lipinski definition) is 1. The molecule has 0 amide bonds. The third-order valence-corrected chi connectivity index (χ3v) is 5.04. The number of sulfone groups is 1. The van der Waals surface area contributed by atoms with Gasteiger partial charge in [0.05, 0.1) is 16.2 Å². The first-order valence-electron chi connectivity index (χ1n) is 6.07. The van der Waals surface area contributed by atoms with Crippen molar-refractivity contribution < 1.29 is 22.7 Å². The van der Waals surface area contributed by atoms with Gasteiger partial charge in [-0.15, -0.1) is 0 Å². The van der Waals surface area contributed by atoms with Gasteiger partial charge in [0.15, 0.2) is 9.84 Å². The molecule has 0 atom stereocenters. The first kappa shape index (κ1) is 14.0. The van der Waals surface area contributed by atoms with Gasteiger partial charge in [-0.2, -0.15) is 0 Å². The molecule has 0 unspecified atom stereocenters. The molecular formula is C13H15FO4S. The van der Waals surface area contributed by atoms with E-state index in [9.17, 15) is 17.6 Å². The van der Waals surface area contributed by atoms with Crippen molar-refractivity contribution in [2.24, 2.45) is 5.92 Å². The standard InChI is InChI=1S/C13H15FO4S/c1-8-6-10(7-11(12(8)14)13(15)16)19(17,18)5-4-9-2-3-9/h6-7,9H,2-5H2,1H3,(H,15,16). The largest absolute Gasteiger partial charge is 0.478 e. The zero-order valence-electron chi connectivity index (χ0n) is 10.5. The smallest absolute Gasteiger partial charge is 0.338 e. The van der Waals surface area contributed by atoms with Crippen molar-refractivity contribution in [3.8, 4) is 0 Å². The fourth-order valence-electron chi connectivity index (χ4n) is 1.92. The molecule has 1 fully saturated rings. The first-order valence-corrected chi connectivity index (χ1v) is 7.72. The second-order valence-corrected chi connectivity index (χ2v) is 7.07. The molecule has 1 aromatic rings.